The van der Waals surface area contributed by atoms with Crippen molar-refractivity contribution in [2.75, 3.05) is 7.11 Å². The van der Waals surface area contributed by atoms with Crippen molar-refractivity contribution < 1.29 is 14.6 Å². The van der Waals surface area contributed by atoms with Crippen LogP contribution in [0.1, 0.15) is 24.8 Å². The summed E-state index contributed by atoms with van der Waals surface area (Å²) in [6, 6.07) is 7.21. The van der Waals surface area contributed by atoms with Crippen LogP contribution in [0, 0.1) is 0 Å². The van der Waals surface area contributed by atoms with Crippen LogP contribution >= 0.6 is 12.4 Å². The zero-order valence-electron chi connectivity index (χ0n) is 10.3. The van der Waals surface area contributed by atoms with Gasteiger partial charge < -0.3 is 15.6 Å². The van der Waals surface area contributed by atoms with E-state index in [9.17, 15) is 9.90 Å². The van der Waals surface area contributed by atoms with Gasteiger partial charge in [-0.25, -0.2) is 0 Å². The largest absolute Gasteiger partial charge is 0.496 e. The van der Waals surface area contributed by atoms with Crippen molar-refractivity contribution in [1.29, 1.82) is 0 Å². The quantitative estimate of drug-likeness (QED) is 0.852. The Balaban J connectivity index is 0.00000162. The van der Waals surface area contributed by atoms with Crippen LogP contribution in [0.3, 0.4) is 0 Å². The number of halogens is 1. The van der Waals surface area contributed by atoms with Crippen molar-refractivity contribution in [3.05, 3.63) is 29.8 Å². The van der Waals surface area contributed by atoms with E-state index in [0.29, 0.717) is 24.2 Å². The van der Waals surface area contributed by atoms with E-state index in [1.165, 1.54) is 0 Å². The van der Waals surface area contributed by atoms with Crippen LogP contribution in [-0.2, 0) is 10.3 Å². The van der Waals surface area contributed by atoms with E-state index in [2.05, 4.69) is 0 Å². The Morgan fingerprint density at radius 2 is 2.11 bits per heavy atom. The monoisotopic (exact) mass is 271 g/mol. The Morgan fingerprint density at radius 1 is 1.44 bits per heavy atom. The molecular formula is C13H18ClNO3. The summed E-state index contributed by atoms with van der Waals surface area (Å²) in [6.45, 7) is 0. The lowest BCUT2D eigenvalue weighted by Gasteiger charge is -2.35. The molecule has 0 aliphatic heterocycles. The molecule has 0 saturated heterocycles. The van der Waals surface area contributed by atoms with Gasteiger partial charge in [-0.15, -0.1) is 12.4 Å². The van der Waals surface area contributed by atoms with E-state index >= 15 is 0 Å². The fourth-order valence-corrected chi connectivity index (χ4v) is 2.41. The normalized spacial score (nSPS) is 27.5. The van der Waals surface area contributed by atoms with Gasteiger partial charge in [0, 0.05) is 5.56 Å². The number of Topliss-reactive ketones (excluding diaryl/α,β-unsaturated/α-hetero) is 1. The first-order valence-electron chi connectivity index (χ1n) is 5.74. The van der Waals surface area contributed by atoms with Gasteiger partial charge in [-0.05, 0) is 25.3 Å². The van der Waals surface area contributed by atoms with Gasteiger partial charge in [0.2, 0.25) is 0 Å². The SMILES string of the molecule is COc1ccccc1C1(N)CCCC(O)C1=O.Cl. The van der Waals surface area contributed by atoms with Crippen LogP contribution in [0.2, 0.25) is 0 Å². The van der Waals surface area contributed by atoms with Crippen LogP contribution in [-0.4, -0.2) is 24.1 Å². The first-order chi connectivity index (χ1) is 8.09. The Kier molecular flexibility index (Phi) is 4.73. The lowest BCUT2D eigenvalue weighted by Crippen LogP contribution is -2.52. The second-order valence-electron chi connectivity index (χ2n) is 4.44. The molecule has 4 nitrogen and oxygen atoms in total. The highest BCUT2D eigenvalue weighted by Crippen LogP contribution is 2.36. The zero-order valence-corrected chi connectivity index (χ0v) is 11.1. The number of para-hydroxylation sites is 1. The maximum absolute atomic E-state index is 12.1. The number of hydrogen-bond donors (Lipinski definition) is 2. The van der Waals surface area contributed by atoms with Crippen molar-refractivity contribution >= 4 is 18.2 Å². The second kappa shape index (κ2) is 5.69. The smallest absolute Gasteiger partial charge is 0.185 e. The number of ether oxygens (including phenoxy) is 1. The molecule has 3 N–H and O–H groups in total. The van der Waals surface area contributed by atoms with Crippen LogP contribution in [0.15, 0.2) is 24.3 Å². The van der Waals surface area contributed by atoms with Crippen molar-refractivity contribution in [2.45, 2.75) is 30.9 Å². The number of nitrogens with two attached hydrogens (primary N) is 1. The summed E-state index contributed by atoms with van der Waals surface area (Å²) in [5.74, 6) is 0.283. The number of hydrogen-bond acceptors (Lipinski definition) is 4. The lowest BCUT2D eigenvalue weighted by atomic mass is 9.75. The average Bonchev–Trinajstić information content (AvgIpc) is 2.36. The molecule has 1 fully saturated rings. The van der Waals surface area contributed by atoms with Crippen molar-refractivity contribution in [2.24, 2.45) is 5.73 Å². The van der Waals surface area contributed by atoms with Gasteiger partial charge in [0.15, 0.2) is 5.78 Å². The predicted molar refractivity (Wildman–Crippen MR) is 71.0 cm³/mol. The van der Waals surface area contributed by atoms with Crippen molar-refractivity contribution in [1.82, 2.24) is 0 Å². The van der Waals surface area contributed by atoms with Crippen molar-refractivity contribution in [3.8, 4) is 5.75 Å². The molecule has 2 rings (SSSR count). The molecule has 1 aromatic rings. The summed E-state index contributed by atoms with van der Waals surface area (Å²) in [7, 11) is 1.55. The first kappa shape index (κ1) is 15.0. The third-order valence-electron chi connectivity index (χ3n) is 3.38. The number of aliphatic hydroxyl groups is 1. The molecule has 2 atom stereocenters. The molecule has 1 saturated carbocycles. The van der Waals surface area contributed by atoms with Gasteiger partial charge in [0.25, 0.3) is 0 Å². The van der Waals surface area contributed by atoms with E-state index in [4.69, 9.17) is 10.5 Å². The fraction of sp³-hybridized carbons (Fsp3) is 0.462. The molecule has 0 radical (unpaired) electrons. The van der Waals surface area contributed by atoms with Gasteiger partial charge >= 0.3 is 0 Å². The van der Waals surface area contributed by atoms with Crippen molar-refractivity contribution in [3.63, 3.8) is 0 Å². The van der Waals surface area contributed by atoms with Crippen LogP contribution in [0.5, 0.6) is 5.75 Å². The van der Waals surface area contributed by atoms with Gasteiger partial charge in [-0.3, -0.25) is 4.79 Å². The minimum absolute atomic E-state index is 0. The Bertz CT molecular complexity index is 438. The summed E-state index contributed by atoms with van der Waals surface area (Å²) in [6.07, 6.45) is 0.816. The molecule has 5 heteroatoms. The predicted octanol–water partition coefficient (Wildman–Crippen LogP) is 1.38. The van der Waals surface area contributed by atoms with Crippen LogP contribution < -0.4 is 10.5 Å². The average molecular weight is 272 g/mol. The van der Waals surface area contributed by atoms with E-state index in [0.717, 1.165) is 6.42 Å². The number of benzene rings is 1. The number of aliphatic hydroxyl groups excluding tert-OH is 1. The van der Waals surface area contributed by atoms with E-state index in [-0.39, 0.29) is 18.2 Å². The van der Waals surface area contributed by atoms with Crippen LogP contribution in [0.4, 0.5) is 0 Å². The van der Waals surface area contributed by atoms with Gasteiger partial charge in [-0.2, -0.15) is 0 Å². The summed E-state index contributed by atoms with van der Waals surface area (Å²) in [5.41, 5.74) is 5.74. The van der Waals surface area contributed by atoms with E-state index in [1.54, 1.807) is 19.2 Å². The molecule has 18 heavy (non-hydrogen) atoms. The molecule has 0 spiro atoms. The number of carbonyl (C=O) groups excluding carboxylic acids is 1. The molecule has 1 aromatic carbocycles. The number of rotatable bonds is 2. The van der Waals surface area contributed by atoms with Gasteiger partial charge in [-0.1, -0.05) is 18.2 Å². The maximum atomic E-state index is 12.1. The number of ketones is 1. The highest BCUT2D eigenvalue weighted by molar-refractivity contribution is 5.94. The third kappa shape index (κ3) is 2.36. The Morgan fingerprint density at radius 3 is 2.78 bits per heavy atom. The number of carbonyl (C=O) groups is 1. The number of methoxy groups -OCH3 is 1. The van der Waals surface area contributed by atoms with Gasteiger partial charge in [0.1, 0.15) is 17.4 Å². The fourth-order valence-electron chi connectivity index (χ4n) is 2.41. The summed E-state index contributed by atoms with van der Waals surface area (Å²) in [4.78, 5) is 12.1. The van der Waals surface area contributed by atoms with Crippen LogP contribution in [0.25, 0.3) is 0 Å². The highest BCUT2D eigenvalue weighted by Gasteiger charge is 2.43. The van der Waals surface area contributed by atoms with E-state index < -0.39 is 11.6 Å². The van der Waals surface area contributed by atoms with E-state index in [1.807, 2.05) is 12.1 Å². The minimum Gasteiger partial charge on any atom is -0.496 e. The minimum atomic E-state index is -1.12. The Labute approximate surface area is 113 Å². The Hall–Kier alpha value is -1.10. The molecule has 1 aliphatic rings. The third-order valence-corrected chi connectivity index (χ3v) is 3.38. The summed E-state index contributed by atoms with van der Waals surface area (Å²) < 4.78 is 5.23. The topological polar surface area (TPSA) is 72.6 Å². The van der Waals surface area contributed by atoms with Gasteiger partial charge in [0.05, 0.1) is 7.11 Å². The first-order valence-corrected chi connectivity index (χ1v) is 5.74. The molecule has 0 heterocycles. The summed E-state index contributed by atoms with van der Waals surface area (Å²) >= 11 is 0. The maximum Gasteiger partial charge on any atom is 0.185 e. The lowest BCUT2D eigenvalue weighted by molar-refractivity contribution is -0.136. The molecule has 0 amide bonds. The zero-order chi connectivity index (χ0) is 12.5. The molecular weight excluding hydrogens is 254 g/mol. The molecule has 100 valence electrons. The summed E-state index contributed by atoms with van der Waals surface area (Å²) in [5, 5.41) is 9.67. The molecule has 0 bridgehead atoms. The molecule has 0 aromatic heterocycles. The highest BCUT2D eigenvalue weighted by atomic mass is 35.5. The standard InChI is InChI=1S/C13H17NO3.ClH/c1-17-11-7-3-2-5-9(11)13(14)8-4-6-10(15)12(13)16;/h2-3,5,7,10,15H,4,6,8,14H2,1H3;1H. The molecule has 1 aliphatic carbocycles. The second-order valence-corrected chi connectivity index (χ2v) is 4.44. The molecule has 2 unspecified atom stereocenters.